The van der Waals surface area contributed by atoms with Gasteiger partial charge in [0, 0.05) is 6.20 Å². The molecule has 3 heteroatoms. The average Bonchev–Trinajstić information content (AvgIpc) is 2.31. The quantitative estimate of drug-likeness (QED) is 0.573. The Bertz CT molecular complexity index is 312. The van der Waals surface area contributed by atoms with Crippen molar-refractivity contribution in [3.63, 3.8) is 0 Å². The van der Waals surface area contributed by atoms with Crippen LogP contribution in [0.5, 0.6) is 0 Å². The molecule has 1 heterocycles. The van der Waals surface area contributed by atoms with Crippen LogP contribution >= 0.6 is 0 Å². The standard InChI is InChI=1S/C13H23N3/c1-4-7-10(3)12(16-14)13-11(5-2)8-6-9-15-13/h6,8-10,12,16H,4-5,7,14H2,1-3H3. The van der Waals surface area contributed by atoms with Crippen molar-refractivity contribution in [2.24, 2.45) is 11.8 Å². The van der Waals surface area contributed by atoms with Crippen LogP contribution in [-0.2, 0) is 6.42 Å². The van der Waals surface area contributed by atoms with Crippen LogP contribution < -0.4 is 11.3 Å². The van der Waals surface area contributed by atoms with Gasteiger partial charge in [0.1, 0.15) is 0 Å². The molecule has 16 heavy (non-hydrogen) atoms. The normalized spacial score (nSPS) is 14.8. The molecule has 1 rings (SSSR count). The van der Waals surface area contributed by atoms with Crippen LogP contribution in [-0.4, -0.2) is 4.98 Å². The Balaban J connectivity index is 2.93. The van der Waals surface area contributed by atoms with E-state index in [0.717, 1.165) is 18.5 Å². The largest absolute Gasteiger partial charge is 0.271 e. The Morgan fingerprint density at radius 1 is 1.44 bits per heavy atom. The Morgan fingerprint density at radius 3 is 2.75 bits per heavy atom. The predicted octanol–water partition coefficient (Wildman–Crippen LogP) is 2.58. The van der Waals surface area contributed by atoms with E-state index in [0.29, 0.717) is 5.92 Å². The molecule has 0 saturated heterocycles. The highest BCUT2D eigenvalue weighted by Crippen LogP contribution is 2.25. The van der Waals surface area contributed by atoms with Gasteiger partial charge >= 0.3 is 0 Å². The Kier molecular flexibility index (Phi) is 5.43. The minimum atomic E-state index is 0.163. The van der Waals surface area contributed by atoms with Gasteiger partial charge in [-0.25, -0.2) is 0 Å². The van der Waals surface area contributed by atoms with Crippen LogP contribution in [0.1, 0.15) is 50.9 Å². The molecule has 0 radical (unpaired) electrons. The second-order valence-corrected chi connectivity index (χ2v) is 4.31. The molecule has 2 unspecified atom stereocenters. The highest BCUT2D eigenvalue weighted by molar-refractivity contribution is 5.23. The molecule has 0 aliphatic heterocycles. The summed E-state index contributed by atoms with van der Waals surface area (Å²) in [6, 6.07) is 4.28. The number of nitrogens with two attached hydrogens (primary N) is 1. The lowest BCUT2D eigenvalue weighted by molar-refractivity contribution is 0.359. The number of hydrogen-bond donors (Lipinski definition) is 2. The van der Waals surface area contributed by atoms with Crippen LogP contribution in [0.2, 0.25) is 0 Å². The Hall–Kier alpha value is -0.930. The van der Waals surface area contributed by atoms with Crippen molar-refractivity contribution in [2.45, 2.75) is 46.1 Å². The molecule has 0 bridgehead atoms. The molecule has 0 spiro atoms. The van der Waals surface area contributed by atoms with E-state index in [1.165, 1.54) is 12.0 Å². The number of nitrogens with zero attached hydrogens (tertiary/aromatic N) is 1. The van der Waals surface area contributed by atoms with Gasteiger partial charge in [0.15, 0.2) is 0 Å². The van der Waals surface area contributed by atoms with Crippen LogP contribution in [0, 0.1) is 5.92 Å². The van der Waals surface area contributed by atoms with Gasteiger partial charge in [-0.1, -0.05) is 33.3 Å². The first-order valence-corrected chi connectivity index (χ1v) is 6.14. The van der Waals surface area contributed by atoms with Crippen molar-refractivity contribution in [3.8, 4) is 0 Å². The number of aromatic nitrogens is 1. The Morgan fingerprint density at radius 2 is 2.19 bits per heavy atom. The van der Waals surface area contributed by atoms with E-state index in [2.05, 4.69) is 37.2 Å². The predicted molar refractivity (Wildman–Crippen MR) is 67.8 cm³/mol. The molecular formula is C13H23N3. The molecule has 0 aromatic carbocycles. The maximum Gasteiger partial charge on any atom is 0.0660 e. The smallest absolute Gasteiger partial charge is 0.0660 e. The van der Waals surface area contributed by atoms with Crippen LogP contribution in [0.3, 0.4) is 0 Å². The van der Waals surface area contributed by atoms with E-state index in [1.54, 1.807) is 0 Å². The average molecular weight is 221 g/mol. The third-order valence-electron chi connectivity index (χ3n) is 3.09. The van der Waals surface area contributed by atoms with E-state index < -0.39 is 0 Å². The molecule has 2 atom stereocenters. The zero-order valence-electron chi connectivity index (χ0n) is 10.5. The highest BCUT2D eigenvalue weighted by atomic mass is 15.2. The second kappa shape index (κ2) is 6.61. The van der Waals surface area contributed by atoms with Crippen molar-refractivity contribution < 1.29 is 0 Å². The lowest BCUT2D eigenvalue weighted by Crippen LogP contribution is -2.33. The van der Waals surface area contributed by atoms with E-state index in [9.17, 15) is 0 Å². The zero-order valence-corrected chi connectivity index (χ0v) is 10.5. The van der Waals surface area contributed by atoms with E-state index >= 15 is 0 Å². The number of rotatable bonds is 6. The monoisotopic (exact) mass is 221 g/mol. The molecule has 0 amide bonds. The van der Waals surface area contributed by atoms with Crippen molar-refractivity contribution in [2.75, 3.05) is 0 Å². The molecule has 0 fully saturated rings. The SMILES string of the molecule is CCCC(C)C(NN)c1ncccc1CC. The summed E-state index contributed by atoms with van der Waals surface area (Å²) in [6.45, 7) is 6.57. The molecule has 1 aromatic rings. The van der Waals surface area contributed by atoms with Gasteiger partial charge in [-0.05, 0) is 30.4 Å². The number of aryl methyl sites for hydroxylation is 1. The summed E-state index contributed by atoms with van der Waals surface area (Å²) in [7, 11) is 0. The Labute approximate surface area is 98.4 Å². The molecule has 0 aliphatic carbocycles. The molecule has 0 aliphatic rings. The van der Waals surface area contributed by atoms with Crippen molar-refractivity contribution in [1.29, 1.82) is 0 Å². The van der Waals surface area contributed by atoms with E-state index in [1.807, 2.05) is 12.3 Å². The minimum Gasteiger partial charge on any atom is -0.271 e. The third kappa shape index (κ3) is 3.03. The highest BCUT2D eigenvalue weighted by Gasteiger charge is 2.20. The number of pyridine rings is 1. The van der Waals surface area contributed by atoms with Gasteiger partial charge < -0.3 is 0 Å². The van der Waals surface area contributed by atoms with Crippen molar-refractivity contribution in [1.82, 2.24) is 10.4 Å². The van der Waals surface area contributed by atoms with Crippen molar-refractivity contribution >= 4 is 0 Å². The van der Waals surface area contributed by atoms with Crippen molar-refractivity contribution in [3.05, 3.63) is 29.6 Å². The van der Waals surface area contributed by atoms with Gasteiger partial charge in [-0.3, -0.25) is 16.3 Å². The summed E-state index contributed by atoms with van der Waals surface area (Å²) < 4.78 is 0. The number of hydrazine groups is 1. The summed E-state index contributed by atoms with van der Waals surface area (Å²) >= 11 is 0. The number of nitrogens with one attached hydrogen (secondary N) is 1. The van der Waals surface area contributed by atoms with E-state index in [4.69, 9.17) is 5.84 Å². The third-order valence-corrected chi connectivity index (χ3v) is 3.09. The van der Waals surface area contributed by atoms with Gasteiger partial charge in [0.05, 0.1) is 11.7 Å². The minimum absolute atomic E-state index is 0.163. The zero-order chi connectivity index (χ0) is 12.0. The number of hydrogen-bond acceptors (Lipinski definition) is 3. The van der Waals surface area contributed by atoms with Gasteiger partial charge in [-0.2, -0.15) is 0 Å². The summed E-state index contributed by atoms with van der Waals surface area (Å²) in [5.41, 5.74) is 5.31. The first-order valence-electron chi connectivity index (χ1n) is 6.14. The van der Waals surface area contributed by atoms with Gasteiger partial charge in [0.25, 0.3) is 0 Å². The van der Waals surface area contributed by atoms with Crippen LogP contribution in [0.15, 0.2) is 18.3 Å². The van der Waals surface area contributed by atoms with Crippen LogP contribution in [0.4, 0.5) is 0 Å². The first kappa shape index (κ1) is 13.1. The fourth-order valence-corrected chi connectivity index (χ4v) is 2.16. The van der Waals surface area contributed by atoms with Gasteiger partial charge in [-0.15, -0.1) is 0 Å². The topological polar surface area (TPSA) is 50.9 Å². The lowest BCUT2D eigenvalue weighted by Gasteiger charge is -2.24. The fraction of sp³-hybridized carbons (Fsp3) is 0.615. The molecule has 1 aromatic heterocycles. The fourth-order valence-electron chi connectivity index (χ4n) is 2.16. The second-order valence-electron chi connectivity index (χ2n) is 4.31. The maximum absolute atomic E-state index is 5.67. The summed E-state index contributed by atoms with van der Waals surface area (Å²) in [5, 5.41) is 0. The summed E-state index contributed by atoms with van der Waals surface area (Å²) in [5.74, 6) is 6.18. The molecular weight excluding hydrogens is 198 g/mol. The van der Waals surface area contributed by atoms with E-state index in [-0.39, 0.29) is 6.04 Å². The summed E-state index contributed by atoms with van der Waals surface area (Å²) in [6.07, 6.45) is 5.18. The van der Waals surface area contributed by atoms with Gasteiger partial charge in [0.2, 0.25) is 0 Å². The molecule has 0 saturated carbocycles. The molecule has 90 valence electrons. The summed E-state index contributed by atoms with van der Waals surface area (Å²) in [4.78, 5) is 4.48. The first-order chi connectivity index (χ1) is 7.74. The molecule has 3 N–H and O–H groups in total. The molecule has 3 nitrogen and oxygen atoms in total. The van der Waals surface area contributed by atoms with Crippen LogP contribution in [0.25, 0.3) is 0 Å². The lowest BCUT2D eigenvalue weighted by atomic mass is 9.92. The maximum atomic E-state index is 5.67.